The highest BCUT2D eigenvalue weighted by molar-refractivity contribution is 9.10. The van der Waals surface area contributed by atoms with Crippen molar-refractivity contribution in [2.75, 3.05) is 11.9 Å². The van der Waals surface area contributed by atoms with Gasteiger partial charge in [0.25, 0.3) is 5.91 Å². The van der Waals surface area contributed by atoms with E-state index in [2.05, 4.69) is 26.2 Å². The van der Waals surface area contributed by atoms with Crippen molar-refractivity contribution >= 4 is 27.5 Å². The third-order valence-corrected chi connectivity index (χ3v) is 2.67. The Bertz CT molecular complexity index is 575. The summed E-state index contributed by atoms with van der Waals surface area (Å²) >= 11 is 3.24. The van der Waals surface area contributed by atoms with Crippen LogP contribution in [0.1, 0.15) is 0 Å². The van der Waals surface area contributed by atoms with Crippen LogP contribution < -0.4 is 10.1 Å². The number of pyridine rings is 1. The summed E-state index contributed by atoms with van der Waals surface area (Å²) in [6.07, 6.45) is 1.56. The van der Waals surface area contributed by atoms with Crippen molar-refractivity contribution in [3.8, 4) is 5.88 Å². The van der Waals surface area contributed by atoms with Crippen LogP contribution in [-0.4, -0.2) is 17.5 Å². The van der Waals surface area contributed by atoms with Crippen LogP contribution >= 0.6 is 15.9 Å². The number of aromatic nitrogens is 1. The summed E-state index contributed by atoms with van der Waals surface area (Å²) in [5.74, 6) is -0.612. The molecule has 98 valence electrons. The first-order valence-corrected chi connectivity index (χ1v) is 6.23. The van der Waals surface area contributed by atoms with E-state index in [1.54, 1.807) is 30.5 Å². The number of benzene rings is 1. The fraction of sp³-hybridized carbons (Fsp3) is 0.0769. The molecule has 4 nitrogen and oxygen atoms in total. The molecule has 0 aliphatic carbocycles. The van der Waals surface area contributed by atoms with Gasteiger partial charge in [0, 0.05) is 16.7 Å². The Hall–Kier alpha value is -1.95. The van der Waals surface area contributed by atoms with E-state index in [1.165, 1.54) is 12.1 Å². The molecule has 0 radical (unpaired) electrons. The lowest BCUT2D eigenvalue weighted by atomic mass is 10.3. The zero-order valence-electron chi connectivity index (χ0n) is 9.77. The number of hydrogen-bond donors (Lipinski definition) is 1. The summed E-state index contributed by atoms with van der Waals surface area (Å²) in [5.41, 5.74) is 0.125. The van der Waals surface area contributed by atoms with Gasteiger partial charge in [-0.25, -0.2) is 9.37 Å². The number of carbonyl (C=O) groups is 1. The summed E-state index contributed by atoms with van der Waals surface area (Å²) in [5, 5.41) is 2.42. The predicted octanol–water partition coefficient (Wildman–Crippen LogP) is 3.00. The van der Waals surface area contributed by atoms with E-state index in [0.717, 1.165) is 4.47 Å². The van der Waals surface area contributed by atoms with Crippen molar-refractivity contribution in [2.45, 2.75) is 0 Å². The van der Waals surface area contributed by atoms with Crippen LogP contribution in [0.25, 0.3) is 0 Å². The highest BCUT2D eigenvalue weighted by Gasteiger charge is 2.07. The Kier molecular flexibility index (Phi) is 4.46. The first-order chi connectivity index (χ1) is 9.15. The third-order valence-electron chi connectivity index (χ3n) is 2.20. The summed E-state index contributed by atoms with van der Waals surface area (Å²) in [6.45, 7) is -0.233. The number of nitrogens with zero attached hydrogens (tertiary/aromatic N) is 1. The summed E-state index contributed by atoms with van der Waals surface area (Å²) in [4.78, 5) is 15.5. The Balaban J connectivity index is 1.88. The van der Waals surface area contributed by atoms with E-state index in [4.69, 9.17) is 4.74 Å². The number of hydrogen-bond acceptors (Lipinski definition) is 3. The summed E-state index contributed by atoms with van der Waals surface area (Å²) < 4.78 is 19.3. The van der Waals surface area contributed by atoms with Gasteiger partial charge in [0.1, 0.15) is 5.82 Å². The van der Waals surface area contributed by atoms with Crippen molar-refractivity contribution in [1.29, 1.82) is 0 Å². The molecule has 0 bridgehead atoms. The Morgan fingerprint density at radius 2 is 2.11 bits per heavy atom. The average molecular weight is 325 g/mol. The standard InChI is InChI=1S/C13H10BrFN2O2/c14-9-5-6-13(16-7-9)19-8-12(18)17-11-4-2-1-3-10(11)15/h1-7H,8H2,(H,17,18). The number of rotatable bonds is 4. The van der Waals surface area contributed by atoms with Crippen molar-refractivity contribution in [1.82, 2.24) is 4.98 Å². The van der Waals surface area contributed by atoms with Crippen LogP contribution in [0.5, 0.6) is 5.88 Å². The maximum atomic E-state index is 13.3. The zero-order valence-corrected chi connectivity index (χ0v) is 11.4. The minimum atomic E-state index is -0.488. The van der Waals surface area contributed by atoms with Gasteiger partial charge in [0.05, 0.1) is 5.69 Å². The van der Waals surface area contributed by atoms with Crippen molar-refractivity contribution < 1.29 is 13.9 Å². The van der Waals surface area contributed by atoms with Gasteiger partial charge in [0.15, 0.2) is 6.61 Å². The van der Waals surface area contributed by atoms with Crippen molar-refractivity contribution in [3.63, 3.8) is 0 Å². The largest absolute Gasteiger partial charge is 0.468 e. The van der Waals surface area contributed by atoms with Crippen molar-refractivity contribution in [3.05, 3.63) is 52.9 Å². The number of para-hydroxylation sites is 1. The number of ether oxygens (including phenoxy) is 1. The lowest BCUT2D eigenvalue weighted by Crippen LogP contribution is -2.21. The van der Waals surface area contributed by atoms with E-state index >= 15 is 0 Å². The molecule has 1 aromatic carbocycles. The quantitative estimate of drug-likeness (QED) is 0.940. The van der Waals surface area contributed by atoms with Gasteiger partial charge in [-0.3, -0.25) is 4.79 Å². The normalized spacial score (nSPS) is 10.0. The van der Waals surface area contributed by atoms with Gasteiger partial charge in [-0.05, 0) is 34.1 Å². The Morgan fingerprint density at radius 1 is 1.32 bits per heavy atom. The number of amides is 1. The highest BCUT2D eigenvalue weighted by atomic mass is 79.9. The first-order valence-electron chi connectivity index (χ1n) is 5.44. The van der Waals surface area contributed by atoms with Gasteiger partial charge in [-0.1, -0.05) is 12.1 Å². The monoisotopic (exact) mass is 324 g/mol. The molecule has 1 heterocycles. The molecule has 0 fully saturated rings. The smallest absolute Gasteiger partial charge is 0.262 e. The van der Waals surface area contributed by atoms with Gasteiger partial charge >= 0.3 is 0 Å². The molecule has 19 heavy (non-hydrogen) atoms. The summed E-state index contributed by atoms with van der Waals surface area (Å²) in [7, 11) is 0. The average Bonchev–Trinajstić information content (AvgIpc) is 2.41. The second-order valence-corrected chi connectivity index (χ2v) is 4.55. The topological polar surface area (TPSA) is 51.2 Å². The molecule has 0 saturated carbocycles. The molecule has 0 aliphatic heterocycles. The minimum absolute atomic E-state index is 0.125. The maximum absolute atomic E-state index is 13.3. The van der Waals surface area contributed by atoms with Gasteiger partial charge < -0.3 is 10.1 Å². The van der Waals surface area contributed by atoms with Crippen LogP contribution in [0, 0.1) is 5.82 Å². The highest BCUT2D eigenvalue weighted by Crippen LogP contribution is 2.13. The molecule has 2 aromatic rings. The molecule has 0 unspecified atom stereocenters. The lowest BCUT2D eigenvalue weighted by molar-refractivity contribution is -0.118. The molecule has 2 rings (SSSR count). The van der Waals surface area contributed by atoms with Crippen LogP contribution in [0.2, 0.25) is 0 Å². The molecule has 1 aromatic heterocycles. The number of nitrogens with one attached hydrogen (secondary N) is 1. The number of halogens is 2. The summed E-state index contributed by atoms with van der Waals surface area (Å²) in [6, 6.07) is 9.30. The second kappa shape index (κ2) is 6.29. The molecular formula is C13H10BrFN2O2. The van der Waals surface area contributed by atoms with Crippen LogP contribution in [0.3, 0.4) is 0 Å². The van der Waals surface area contributed by atoms with Gasteiger partial charge in [0.2, 0.25) is 5.88 Å². The van der Waals surface area contributed by atoms with E-state index in [-0.39, 0.29) is 12.3 Å². The molecule has 1 amide bonds. The number of anilines is 1. The van der Waals surface area contributed by atoms with E-state index in [9.17, 15) is 9.18 Å². The molecule has 0 spiro atoms. The zero-order chi connectivity index (χ0) is 13.7. The molecular weight excluding hydrogens is 315 g/mol. The maximum Gasteiger partial charge on any atom is 0.262 e. The van der Waals surface area contributed by atoms with Crippen LogP contribution in [0.4, 0.5) is 10.1 Å². The third kappa shape index (κ3) is 4.03. The Labute approximate surface area is 117 Å². The fourth-order valence-electron chi connectivity index (χ4n) is 1.34. The minimum Gasteiger partial charge on any atom is -0.468 e. The van der Waals surface area contributed by atoms with Crippen LogP contribution in [-0.2, 0) is 4.79 Å². The SMILES string of the molecule is O=C(COc1ccc(Br)cn1)Nc1ccccc1F. The lowest BCUT2D eigenvalue weighted by Gasteiger charge is -2.07. The van der Waals surface area contributed by atoms with Crippen molar-refractivity contribution in [2.24, 2.45) is 0 Å². The molecule has 0 saturated heterocycles. The van der Waals surface area contributed by atoms with Gasteiger partial charge in [-0.15, -0.1) is 0 Å². The number of carbonyl (C=O) groups excluding carboxylic acids is 1. The molecule has 1 N–H and O–H groups in total. The second-order valence-electron chi connectivity index (χ2n) is 3.63. The first kappa shape index (κ1) is 13.5. The van der Waals surface area contributed by atoms with E-state index in [0.29, 0.717) is 5.88 Å². The van der Waals surface area contributed by atoms with Crippen LogP contribution in [0.15, 0.2) is 47.1 Å². The Morgan fingerprint density at radius 3 is 2.79 bits per heavy atom. The van der Waals surface area contributed by atoms with Gasteiger partial charge in [-0.2, -0.15) is 0 Å². The molecule has 0 aliphatic rings. The fourth-order valence-corrected chi connectivity index (χ4v) is 1.57. The predicted molar refractivity (Wildman–Crippen MR) is 72.5 cm³/mol. The molecule has 6 heteroatoms. The molecule has 0 atom stereocenters. The van der Waals surface area contributed by atoms with E-state index in [1.807, 2.05) is 0 Å². The van der Waals surface area contributed by atoms with E-state index < -0.39 is 11.7 Å².